The lowest BCUT2D eigenvalue weighted by Crippen LogP contribution is -2.51. The van der Waals surface area contributed by atoms with Crippen molar-refractivity contribution in [3.63, 3.8) is 0 Å². The predicted octanol–water partition coefficient (Wildman–Crippen LogP) is 4.70. The second kappa shape index (κ2) is 13.5. The Morgan fingerprint density at radius 1 is 0.900 bits per heavy atom. The van der Waals surface area contributed by atoms with Crippen LogP contribution >= 0.6 is 0 Å². The van der Waals surface area contributed by atoms with Crippen molar-refractivity contribution < 1.29 is 22.7 Å². The molecule has 0 aliphatic rings. The Morgan fingerprint density at radius 3 is 2.20 bits per heavy atom. The molecule has 0 aromatic heterocycles. The van der Waals surface area contributed by atoms with E-state index in [1.165, 1.54) is 24.1 Å². The lowest BCUT2D eigenvalue weighted by Gasteiger charge is -2.32. The first-order valence-electron chi connectivity index (χ1n) is 13.3. The van der Waals surface area contributed by atoms with Gasteiger partial charge in [0, 0.05) is 19.2 Å². The van der Waals surface area contributed by atoms with E-state index >= 15 is 0 Å². The van der Waals surface area contributed by atoms with Crippen molar-refractivity contribution in [1.29, 1.82) is 0 Å². The summed E-state index contributed by atoms with van der Waals surface area (Å²) in [5.41, 5.74) is 3.04. The summed E-state index contributed by atoms with van der Waals surface area (Å²) in [5, 5.41) is 2.89. The number of hydrogen-bond acceptors (Lipinski definition) is 5. The van der Waals surface area contributed by atoms with E-state index in [0.717, 1.165) is 21.0 Å². The van der Waals surface area contributed by atoms with E-state index in [1.54, 1.807) is 43.3 Å². The number of anilines is 1. The van der Waals surface area contributed by atoms with Crippen LogP contribution in [0.4, 0.5) is 5.69 Å². The van der Waals surface area contributed by atoms with Gasteiger partial charge < -0.3 is 15.0 Å². The minimum absolute atomic E-state index is 0.0571. The van der Waals surface area contributed by atoms with Gasteiger partial charge in [-0.25, -0.2) is 8.42 Å². The van der Waals surface area contributed by atoms with E-state index in [0.29, 0.717) is 12.3 Å². The molecule has 8 nitrogen and oxygen atoms in total. The van der Waals surface area contributed by atoms with Crippen molar-refractivity contribution in [2.24, 2.45) is 5.92 Å². The van der Waals surface area contributed by atoms with Gasteiger partial charge in [0.15, 0.2) is 0 Å². The monoisotopic (exact) mass is 565 g/mol. The van der Waals surface area contributed by atoms with Crippen LogP contribution in [0.15, 0.2) is 77.7 Å². The molecule has 3 aromatic rings. The van der Waals surface area contributed by atoms with E-state index in [4.69, 9.17) is 4.74 Å². The summed E-state index contributed by atoms with van der Waals surface area (Å²) in [4.78, 5) is 28.6. The molecule has 0 radical (unpaired) electrons. The van der Waals surface area contributed by atoms with E-state index in [2.05, 4.69) is 5.32 Å². The molecule has 0 aliphatic carbocycles. The molecule has 214 valence electrons. The van der Waals surface area contributed by atoms with Gasteiger partial charge in [-0.3, -0.25) is 13.9 Å². The number of nitrogens with one attached hydrogen (secondary N) is 1. The molecule has 0 aliphatic heterocycles. The molecule has 0 unspecified atom stereocenters. The highest BCUT2D eigenvalue weighted by atomic mass is 32.2. The maximum absolute atomic E-state index is 14.0. The third kappa shape index (κ3) is 7.85. The highest BCUT2D eigenvalue weighted by Crippen LogP contribution is 2.28. The molecule has 9 heteroatoms. The second-order valence-electron chi connectivity index (χ2n) is 10.4. The number of aryl methyl sites for hydroxylation is 2. The fraction of sp³-hybridized carbons (Fsp3) is 0.355. The summed E-state index contributed by atoms with van der Waals surface area (Å²) in [7, 11) is -2.65. The number of amides is 2. The molecule has 3 rings (SSSR count). The number of sulfonamides is 1. The number of hydrogen-bond donors (Lipinski definition) is 1. The summed E-state index contributed by atoms with van der Waals surface area (Å²) >= 11 is 0. The van der Waals surface area contributed by atoms with Crippen molar-refractivity contribution >= 4 is 27.5 Å². The Hall–Kier alpha value is -3.85. The Morgan fingerprint density at radius 2 is 1.57 bits per heavy atom. The smallest absolute Gasteiger partial charge is 0.264 e. The van der Waals surface area contributed by atoms with E-state index in [-0.39, 0.29) is 29.0 Å². The Kier molecular flexibility index (Phi) is 10.3. The zero-order valence-electron chi connectivity index (χ0n) is 24.0. The van der Waals surface area contributed by atoms with Crippen LogP contribution in [0.25, 0.3) is 0 Å². The largest absolute Gasteiger partial charge is 0.497 e. The summed E-state index contributed by atoms with van der Waals surface area (Å²) < 4.78 is 34.2. The van der Waals surface area contributed by atoms with Crippen molar-refractivity contribution in [3.05, 3.63) is 89.5 Å². The number of benzene rings is 3. The number of ether oxygens (including phenoxy) is 1. The maximum atomic E-state index is 14.0. The number of nitrogens with zero attached hydrogens (tertiary/aromatic N) is 2. The molecule has 1 atom stereocenters. The van der Waals surface area contributed by atoms with Gasteiger partial charge in [0.25, 0.3) is 10.0 Å². The molecule has 0 heterocycles. The van der Waals surface area contributed by atoms with Gasteiger partial charge in [0.05, 0.1) is 17.7 Å². The van der Waals surface area contributed by atoms with Gasteiger partial charge in [-0.15, -0.1) is 0 Å². The second-order valence-corrected chi connectivity index (χ2v) is 12.2. The normalized spacial score (nSPS) is 12.1. The zero-order chi connectivity index (χ0) is 29.4. The standard InChI is InChI=1S/C31H39N3O5S/c1-22(2)19-32-31(36)25(5)33(20-26-10-7-9-24(4)17-26)30(35)21-34(27-11-8-12-28(18-27)39-6)40(37,38)29-15-13-23(3)14-16-29/h7-18,22,25H,19-21H2,1-6H3,(H,32,36)/t25-/m0/s1. The van der Waals surface area contributed by atoms with Gasteiger partial charge in [0.1, 0.15) is 18.3 Å². The molecule has 0 saturated carbocycles. The SMILES string of the molecule is COc1cccc(N(CC(=O)N(Cc2cccc(C)c2)[C@@H](C)C(=O)NCC(C)C)S(=O)(=O)c2ccc(C)cc2)c1. The molecule has 0 bridgehead atoms. The first-order valence-corrected chi connectivity index (χ1v) is 14.7. The van der Waals surface area contributed by atoms with Gasteiger partial charge in [-0.1, -0.05) is 67.4 Å². The van der Waals surface area contributed by atoms with Crippen LogP contribution in [0.3, 0.4) is 0 Å². The van der Waals surface area contributed by atoms with Gasteiger partial charge in [0.2, 0.25) is 11.8 Å². The molecule has 1 N–H and O–H groups in total. The van der Waals surface area contributed by atoms with Crippen molar-refractivity contribution in [3.8, 4) is 5.75 Å². The highest BCUT2D eigenvalue weighted by Gasteiger charge is 2.32. The summed E-state index contributed by atoms with van der Waals surface area (Å²) in [6.07, 6.45) is 0. The van der Waals surface area contributed by atoms with Crippen molar-refractivity contribution in [2.75, 3.05) is 24.5 Å². The first kappa shape index (κ1) is 30.7. The number of carbonyl (C=O) groups excluding carboxylic acids is 2. The molecular formula is C31H39N3O5S. The molecular weight excluding hydrogens is 526 g/mol. The minimum atomic E-state index is -4.14. The van der Waals surface area contributed by atoms with Gasteiger partial charge >= 0.3 is 0 Å². The van der Waals surface area contributed by atoms with Crippen molar-refractivity contribution in [1.82, 2.24) is 10.2 Å². The third-order valence-corrected chi connectivity index (χ3v) is 8.30. The van der Waals surface area contributed by atoms with Crippen LogP contribution in [0.1, 0.15) is 37.5 Å². The predicted molar refractivity (Wildman–Crippen MR) is 158 cm³/mol. The lowest BCUT2D eigenvalue weighted by molar-refractivity contribution is -0.139. The lowest BCUT2D eigenvalue weighted by atomic mass is 10.1. The minimum Gasteiger partial charge on any atom is -0.497 e. The molecule has 0 spiro atoms. The van der Waals surface area contributed by atoms with Crippen LogP contribution in [0, 0.1) is 19.8 Å². The van der Waals surface area contributed by atoms with Crippen LogP contribution in [0.2, 0.25) is 0 Å². The molecule has 40 heavy (non-hydrogen) atoms. The number of methoxy groups -OCH3 is 1. The topological polar surface area (TPSA) is 96.0 Å². The van der Waals surface area contributed by atoms with E-state index < -0.39 is 28.5 Å². The number of rotatable bonds is 12. The van der Waals surface area contributed by atoms with E-state index in [9.17, 15) is 18.0 Å². The molecule has 0 saturated heterocycles. The quantitative estimate of drug-likeness (QED) is 0.344. The summed E-state index contributed by atoms with van der Waals surface area (Å²) in [6.45, 7) is 9.57. The van der Waals surface area contributed by atoms with Crippen molar-refractivity contribution in [2.45, 2.75) is 52.1 Å². The van der Waals surface area contributed by atoms with Gasteiger partial charge in [-0.2, -0.15) is 0 Å². The van der Waals surface area contributed by atoms with Crippen LogP contribution in [-0.2, 0) is 26.2 Å². The van der Waals surface area contributed by atoms with Gasteiger partial charge in [-0.05, 0) is 56.5 Å². The van der Waals surface area contributed by atoms with E-state index in [1.807, 2.05) is 52.0 Å². The number of carbonyl (C=O) groups is 2. The third-order valence-electron chi connectivity index (χ3n) is 6.52. The molecule has 2 amide bonds. The molecule has 0 fully saturated rings. The fourth-order valence-corrected chi connectivity index (χ4v) is 5.58. The van der Waals surface area contributed by atoms with Crippen LogP contribution in [-0.4, -0.2) is 51.4 Å². The fourth-order valence-electron chi connectivity index (χ4n) is 4.17. The summed E-state index contributed by atoms with van der Waals surface area (Å²) in [5.74, 6) is -0.122. The van der Waals surface area contributed by atoms with Crippen LogP contribution in [0.5, 0.6) is 5.75 Å². The molecule has 3 aromatic carbocycles. The Bertz CT molecular complexity index is 1420. The first-order chi connectivity index (χ1) is 18.9. The summed E-state index contributed by atoms with van der Waals surface area (Å²) in [6, 6.07) is 19.9. The Labute approximate surface area is 238 Å². The average Bonchev–Trinajstić information content (AvgIpc) is 2.93. The Balaban J connectivity index is 2.03. The highest BCUT2D eigenvalue weighted by molar-refractivity contribution is 7.92. The zero-order valence-corrected chi connectivity index (χ0v) is 24.9. The average molecular weight is 566 g/mol. The van der Waals surface area contributed by atoms with Crippen LogP contribution < -0.4 is 14.4 Å². The maximum Gasteiger partial charge on any atom is 0.264 e.